The average molecular weight is 321 g/mol. The zero-order valence-electron chi connectivity index (χ0n) is 13.4. The Hall–Kier alpha value is -2.30. The van der Waals surface area contributed by atoms with E-state index >= 15 is 0 Å². The highest BCUT2D eigenvalue weighted by atomic mass is 16.4. The highest BCUT2D eigenvalue weighted by Crippen LogP contribution is 2.61. The number of aromatic nitrogens is 2. The molecule has 0 saturated heterocycles. The predicted molar refractivity (Wildman–Crippen MR) is 86.4 cm³/mol. The number of hydrogen-bond acceptors (Lipinski definition) is 4. The fraction of sp³-hybridized carbons (Fsp3) is 0.474. The van der Waals surface area contributed by atoms with E-state index in [1.807, 2.05) is 30.3 Å². The smallest absolute Gasteiger partial charge is 0.253 e. The number of hydrogen-bond donors (Lipinski definition) is 0. The molecule has 1 aliphatic heterocycles. The minimum absolute atomic E-state index is 0.134. The first-order valence-corrected chi connectivity index (χ1v) is 8.73. The first kappa shape index (κ1) is 14.1. The van der Waals surface area contributed by atoms with Gasteiger partial charge >= 0.3 is 0 Å². The van der Waals surface area contributed by atoms with Crippen LogP contribution in [0.4, 0.5) is 0 Å². The van der Waals surface area contributed by atoms with Gasteiger partial charge in [-0.1, -0.05) is 30.7 Å². The van der Waals surface area contributed by atoms with Crippen LogP contribution in [0.3, 0.4) is 0 Å². The Labute approximate surface area is 139 Å². The summed E-state index contributed by atoms with van der Waals surface area (Å²) in [6, 6.07) is 7.68. The van der Waals surface area contributed by atoms with Gasteiger partial charge in [0.15, 0.2) is 0 Å². The lowest BCUT2D eigenvalue weighted by molar-refractivity contribution is -0.120. The van der Waals surface area contributed by atoms with Crippen LogP contribution in [0.1, 0.15) is 49.8 Å². The van der Waals surface area contributed by atoms with Gasteiger partial charge in [-0.3, -0.25) is 4.79 Å². The van der Waals surface area contributed by atoms with Crippen molar-refractivity contribution in [2.45, 2.75) is 44.4 Å². The van der Waals surface area contributed by atoms with Crippen LogP contribution in [-0.2, 0) is 11.2 Å². The van der Waals surface area contributed by atoms with Crippen molar-refractivity contribution in [2.75, 3.05) is 0 Å². The van der Waals surface area contributed by atoms with E-state index in [1.54, 1.807) is 0 Å². The molecule has 2 aliphatic carbocycles. The summed E-state index contributed by atoms with van der Waals surface area (Å²) in [4.78, 5) is 16.4. The molecule has 0 bridgehead atoms. The van der Waals surface area contributed by atoms with Crippen LogP contribution in [0.15, 0.2) is 33.7 Å². The standard InChI is InChI=1S/C19H19N3O2/c23-17-13(8-12-4-1-2-5-15(12)20-17)9-16-21-22-18(24-16)14-10-19(11-14)6-3-7-19/h1-2,4-5,8,13-14H,3,6-7,9-11H2. The number of para-hydroxylation sites is 1. The van der Waals surface area contributed by atoms with Crippen molar-refractivity contribution >= 4 is 12.0 Å². The lowest BCUT2D eigenvalue weighted by Gasteiger charge is -2.53. The summed E-state index contributed by atoms with van der Waals surface area (Å²) in [5.74, 6) is 1.27. The molecular weight excluding hydrogens is 302 g/mol. The molecule has 1 aromatic heterocycles. The van der Waals surface area contributed by atoms with E-state index in [0.717, 1.165) is 16.5 Å². The van der Waals surface area contributed by atoms with Gasteiger partial charge in [-0.15, -0.1) is 10.2 Å². The zero-order valence-corrected chi connectivity index (χ0v) is 13.4. The molecule has 2 fully saturated rings. The van der Waals surface area contributed by atoms with Gasteiger partial charge in [-0.2, -0.15) is 0 Å². The summed E-state index contributed by atoms with van der Waals surface area (Å²) in [6.45, 7) is 0. The number of benzene rings is 1. The molecule has 3 aliphatic rings. The molecule has 1 spiro atoms. The highest BCUT2D eigenvalue weighted by molar-refractivity contribution is 5.86. The molecule has 2 heterocycles. The normalized spacial score (nSPS) is 24.5. The number of amides is 1. The van der Waals surface area contributed by atoms with E-state index in [0.29, 0.717) is 23.6 Å². The van der Waals surface area contributed by atoms with Gasteiger partial charge in [0, 0.05) is 12.3 Å². The van der Waals surface area contributed by atoms with Crippen molar-refractivity contribution < 1.29 is 9.21 Å². The lowest BCUT2D eigenvalue weighted by Crippen LogP contribution is -2.41. The minimum atomic E-state index is -0.312. The van der Waals surface area contributed by atoms with Crippen molar-refractivity contribution in [3.8, 4) is 0 Å². The van der Waals surface area contributed by atoms with E-state index in [1.165, 1.54) is 32.1 Å². The van der Waals surface area contributed by atoms with E-state index in [-0.39, 0.29) is 11.8 Å². The SMILES string of the molecule is O=C1N=c2ccccc2=CC1Cc1nnc(C2CC3(CCC3)C2)o1. The Morgan fingerprint density at radius 3 is 2.79 bits per heavy atom. The molecule has 1 unspecified atom stereocenters. The first-order valence-electron chi connectivity index (χ1n) is 8.73. The van der Waals surface area contributed by atoms with Gasteiger partial charge in [0.05, 0.1) is 11.3 Å². The van der Waals surface area contributed by atoms with E-state index < -0.39 is 0 Å². The number of fused-ring (bicyclic) bond motifs is 1. The van der Waals surface area contributed by atoms with Gasteiger partial charge < -0.3 is 4.42 Å². The Bertz CT molecular complexity index is 918. The second kappa shape index (κ2) is 5.10. The fourth-order valence-corrected chi connectivity index (χ4v) is 4.31. The number of rotatable bonds is 3. The third-order valence-electron chi connectivity index (χ3n) is 5.86. The maximum absolute atomic E-state index is 12.2. The van der Waals surface area contributed by atoms with E-state index in [2.05, 4.69) is 15.2 Å². The molecule has 0 radical (unpaired) electrons. The number of carbonyl (C=O) groups is 1. The van der Waals surface area contributed by atoms with Gasteiger partial charge in [0.1, 0.15) is 0 Å². The first-order chi connectivity index (χ1) is 11.7. The topological polar surface area (TPSA) is 68.3 Å². The quantitative estimate of drug-likeness (QED) is 0.866. The average Bonchev–Trinajstić information content (AvgIpc) is 2.93. The molecule has 1 amide bonds. The highest BCUT2D eigenvalue weighted by Gasteiger charge is 2.50. The van der Waals surface area contributed by atoms with Gasteiger partial charge in [-0.25, -0.2) is 4.99 Å². The number of nitrogens with zero attached hydrogens (tertiary/aromatic N) is 3. The van der Waals surface area contributed by atoms with E-state index in [9.17, 15) is 4.79 Å². The molecule has 1 aromatic carbocycles. The molecule has 122 valence electrons. The van der Waals surface area contributed by atoms with Crippen molar-refractivity contribution in [1.82, 2.24) is 10.2 Å². The summed E-state index contributed by atoms with van der Waals surface area (Å²) >= 11 is 0. The molecule has 1 atom stereocenters. The lowest BCUT2D eigenvalue weighted by atomic mass is 9.52. The summed E-state index contributed by atoms with van der Waals surface area (Å²) in [5, 5.41) is 10.1. The fourth-order valence-electron chi connectivity index (χ4n) is 4.31. The van der Waals surface area contributed by atoms with Crippen molar-refractivity contribution in [3.63, 3.8) is 0 Å². The van der Waals surface area contributed by atoms with Crippen LogP contribution >= 0.6 is 0 Å². The molecule has 5 rings (SSSR count). The van der Waals surface area contributed by atoms with Crippen molar-refractivity contribution in [2.24, 2.45) is 16.3 Å². The summed E-state index contributed by atoms with van der Waals surface area (Å²) in [7, 11) is 0. The molecule has 2 aromatic rings. The van der Waals surface area contributed by atoms with Gasteiger partial charge in [0.25, 0.3) is 5.91 Å². The maximum Gasteiger partial charge on any atom is 0.253 e. The Morgan fingerprint density at radius 1 is 1.17 bits per heavy atom. The molecular formula is C19H19N3O2. The molecule has 0 N–H and O–H groups in total. The van der Waals surface area contributed by atoms with Crippen LogP contribution < -0.4 is 10.6 Å². The van der Waals surface area contributed by atoms with E-state index in [4.69, 9.17) is 4.42 Å². The van der Waals surface area contributed by atoms with Crippen molar-refractivity contribution in [1.29, 1.82) is 0 Å². The maximum atomic E-state index is 12.2. The molecule has 24 heavy (non-hydrogen) atoms. The van der Waals surface area contributed by atoms with Crippen LogP contribution in [0.25, 0.3) is 6.08 Å². The van der Waals surface area contributed by atoms with Crippen LogP contribution in [-0.4, -0.2) is 16.1 Å². The molecule has 2 saturated carbocycles. The van der Waals surface area contributed by atoms with Gasteiger partial charge in [0.2, 0.25) is 11.8 Å². The second-order valence-corrected chi connectivity index (χ2v) is 7.48. The second-order valence-electron chi connectivity index (χ2n) is 7.48. The Morgan fingerprint density at radius 2 is 2.00 bits per heavy atom. The predicted octanol–water partition coefficient (Wildman–Crippen LogP) is 1.92. The van der Waals surface area contributed by atoms with Crippen LogP contribution in [0, 0.1) is 11.3 Å². The summed E-state index contributed by atoms with van der Waals surface area (Å²) in [6.07, 6.45) is 8.85. The summed E-state index contributed by atoms with van der Waals surface area (Å²) < 4.78 is 5.85. The zero-order chi connectivity index (χ0) is 16.1. The van der Waals surface area contributed by atoms with Gasteiger partial charge in [-0.05, 0) is 42.4 Å². The summed E-state index contributed by atoms with van der Waals surface area (Å²) in [5.41, 5.74) is 0.592. The van der Waals surface area contributed by atoms with Crippen molar-refractivity contribution in [3.05, 3.63) is 46.6 Å². The minimum Gasteiger partial charge on any atom is -0.425 e. The largest absolute Gasteiger partial charge is 0.425 e. The third-order valence-corrected chi connectivity index (χ3v) is 5.86. The Kier molecular flexibility index (Phi) is 2.99. The number of carbonyl (C=O) groups excluding carboxylic acids is 1. The van der Waals surface area contributed by atoms with Crippen LogP contribution in [0.2, 0.25) is 0 Å². The third kappa shape index (κ3) is 2.22. The molecule has 5 nitrogen and oxygen atoms in total. The van der Waals surface area contributed by atoms with Crippen LogP contribution in [0.5, 0.6) is 0 Å². The monoisotopic (exact) mass is 321 g/mol. The molecule has 5 heteroatoms. The Balaban J connectivity index is 1.32.